The van der Waals surface area contributed by atoms with Crippen LogP contribution in [0.1, 0.15) is 6.42 Å². The van der Waals surface area contributed by atoms with Gasteiger partial charge in [0.15, 0.2) is 0 Å². The maximum atomic E-state index is 11.3. The van der Waals surface area contributed by atoms with Crippen LogP contribution >= 0.6 is 0 Å². The van der Waals surface area contributed by atoms with Crippen LogP contribution in [0.15, 0.2) is 0 Å². The maximum absolute atomic E-state index is 11.3. The Balaban J connectivity index is 2.04. The van der Waals surface area contributed by atoms with Gasteiger partial charge in [-0.1, -0.05) is 0 Å². The number of nitrogens with one attached hydrogen (secondary N) is 1. The molecule has 1 saturated heterocycles. The number of nitrogens with two attached hydrogens (primary N) is 1. The Bertz CT molecular complexity index is 281. The monoisotopic (exact) mass is 183 g/mol. The highest BCUT2D eigenvalue weighted by Gasteiger charge is 2.58. The first-order chi connectivity index (χ1) is 6.15. The Labute approximate surface area is 74.0 Å². The Hall–Kier alpha value is -1.43. The Morgan fingerprint density at radius 3 is 2.46 bits per heavy atom. The minimum absolute atomic E-state index is 0.155. The molecule has 0 aromatic rings. The molecule has 3 N–H and O–H groups in total. The fraction of sp³-hybridized carbons (Fsp3) is 0.571. The first kappa shape index (κ1) is 8.18. The summed E-state index contributed by atoms with van der Waals surface area (Å²) in [6.45, 7) is -0.249. The van der Waals surface area contributed by atoms with Gasteiger partial charge in [0.25, 0.3) is 5.91 Å². The maximum Gasteiger partial charge on any atom is 0.254 e. The zero-order valence-electron chi connectivity index (χ0n) is 6.82. The van der Waals surface area contributed by atoms with Crippen molar-refractivity contribution in [3.63, 3.8) is 0 Å². The molecule has 1 aliphatic heterocycles. The third-order valence-corrected chi connectivity index (χ3v) is 2.42. The summed E-state index contributed by atoms with van der Waals surface area (Å²) in [6.07, 6.45) is 0.651. The van der Waals surface area contributed by atoms with Gasteiger partial charge in [-0.2, -0.15) is 0 Å². The summed E-state index contributed by atoms with van der Waals surface area (Å²) in [6, 6.07) is 0. The van der Waals surface area contributed by atoms with Crippen LogP contribution in [0.2, 0.25) is 0 Å². The summed E-state index contributed by atoms with van der Waals surface area (Å²) in [5, 5.41) is 0. The van der Waals surface area contributed by atoms with Crippen molar-refractivity contribution in [3.8, 4) is 0 Å². The molecule has 2 unspecified atom stereocenters. The van der Waals surface area contributed by atoms with Crippen molar-refractivity contribution in [2.45, 2.75) is 6.42 Å². The van der Waals surface area contributed by atoms with Gasteiger partial charge in [0.2, 0.25) is 11.8 Å². The van der Waals surface area contributed by atoms with Gasteiger partial charge in [0, 0.05) is 0 Å². The summed E-state index contributed by atoms with van der Waals surface area (Å²) in [5.74, 6) is 3.53. The molecule has 0 spiro atoms. The van der Waals surface area contributed by atoms with E-state index < -0.39 is 5.91 Å². The highest BCUT2D eigenvalue weighted by molar-refractivity contribution is 6.10. The van der Waals surface area contributed by atoms with Gasteiger partial charge in [-0.25, -0.2) is 5.84 Å². The summed E-state index contributed by atoms with van der Waals surface area (Å²) >= 11 is 0. The van der Waals surface area contributed by atoms with Gasteiger partial charge >= 0.3 is 0 Å². The van der Waals surface area contributed by atoms with E-state index in [1.807, 2.05) is 5.43 Å². The van der Waals surface area contributed by atoms with E-state index in [9.17, 15) is 14.4 Å². The van der Waals surface area contributed by atoms with E-state index in [0.717, 1.165) is 4.90 Å². The van der Waals surface area contributed by atoms with Gasteiger partial charge < -0.3 is 0 Å². The molecule has 3 amide bonds. The number of carbonyl (C=O) groups excluding carboxylic acids is 3. The molecule has 2 aliphatic rings. The van der Waals surface area contributed by atoms with Crippen LogP contribution in [0.25, 0.3) is 0 Å². The standard InChI is InChI=1S/C7H9N3O3/c8-9-5(11)2-10-6(12)3-1-4(3)7(10)13/h3-4H,1-2,8H2,(H,9,11). The molecule has 6 heteroatoms. The van der Waals surface area contributed by atoms with Crippen LogP contribution in [0, 0.1) is 11.8 Å². The fourth-order valence-electron chi connectivity index (χ4n) is 1.59. The second-order valence-electron chi connectivity index (χ2n) is 3.28. The smallest absolute Gasteiger partial charge is 0.254 e. The average molecular weight is 183 g/mol. The van der Waals surface area contributed by atoms with Crippen molar-refractivity contribution in [2.75, 3.05) is 6.54 Å². The van der Waals surface area contributed by atoms with Gasteiger partial charge in [-0.05, 0) is 6.42 Å². The van der Waals surface area contributed by atoms with Crippen molar-refractivity contribution >= 4 is 17.7 Å². The molecule has 1 saturated carbocycles. The van der Waals surface area contributed by atoms with E-state index in [1.54, 1.807) is 0 Å². The summed E-state index contributed by atoms with van der Waals surface area (Å²) < 4.78 is 0. The number of rotatable bonds is 2. The molecule has 0 aromatic heterocycles. The number of carbonyl (C=O) groups is 3. The number of hydrogen-bond donors (Lipinski definition) is 2. The quantitative estimate of drug-likeness (QED) is 0.224. The van der Waals surface area contributed by atoms with E-state index in [2.05, 4.69) is 0 Å². The summed E-state index contributed by atoms with van der Waals surface area (Å²) in [4.78, 5) is 34.4. The lowest BCUT2D eigenvalue weighted by atomic mass is 10.4. The first-order valence-corrected chi connectivity index (χ1v) is 4.00. The van der Waals surface area contributed by atoms with Crippen molar-refractivity contribution in [1.82, 2.24) is 10.3 Å². The van der Waals surface area contributed by atoms with Crippen LogP contribution < -0.4 is 11.3 Å². The number of hydrogen-bond acceptors (Lipinski definition) is 4. The highest BCUT2D eigenvalue weighted by Crippen LogP contribution is 2.46. The zero-order valence-corrected chi connectivity index (χ0v) is 6.82. The van der Waals surface area contributed by atoms with E-state index in [1.165, 1.54) is 0 Å². The van der Waals surface area contributed by atoms with E-state index in [-0.39, 0.29) is 30.2 Å². The molecule has 13 heavy (non-hydrogen) atoms. The molecule has 2 fully saturated rings. The largest absolute Gasteiger partial charge is 0.293 e. The lowest BCUT2D eigenvalue weighted by Crippen LogP contribution is -2.44. The third kappa shape index (κ3) is 1.10. The fourth-order valence-corrected chi connectivity index (χ4v) is 1.59. The minimum Gasteiger partial charge on any atom is -0.293 e. The van der Waals surface area contributed by atoms with E-state index in [0.29, 0.717) is 6.42 Å². The van der Waals surface area contributed by atoms with Gasteiger partial charge in [0.1, 0.15) is 6.54 Å². The number of nitrogens with zero attached hydrogens (tertiary/aromatic N) is 1. The van der Waals surface area contributed by atoms with Crippen molar-refractivity contribution in [2.24, 2.45) is 17.7 Å². The number of likely N-dealkylation sites (tertiary alicyclic amines) is 1. The number of imide groups is 1. The molecular formula is C7H9N3O3. The number of hydrazine groups is 1. The lowest BCUT2D eigenvalue weighted by Gasteiger charge is -2.14. The Morgan fingerprint density at radius 1 is 1.46 bits per heavy atom. The summed E-state index contributed by atoms with van der Waals surface area (Å²) in [5.41, 5.74) is 1.88. The molecule has 1 heterocycles. The van der Waals surface area contributed by atoms with Crippen LogP contribution in [-0.2, 0) is 14.4 Å². The molecule has 0 aromatic carbocycles. The van der Waals surface area contributed by atoms with E-state index in [4.69, 9.17) is 5.84 Å². The molecule has 0 radical (unpaired) electrons. The van der Waals surface area contributed by atoms with Crippen molar-refractivity contribution in [1.29, 1.82) is 0 Å². The minimum atomic E-state index is -0.525. The second kappa shape index (κ2) is 2.53. The first-order valence-electron chi connectivity index (χ1n) is 4.00. The topological polar surface area (TPSA) is 92.5 Å². The number of fused-ring (bicyclic) bond motifs is 1. The highest BCUT2D eigenvalue weighted by atomic mass is 16.2. The predicted molar refractivity (Wildman–Crippen MR) is 40.6 cm³/mol. The average Bonchev–Trinajstić information content (AvgIpc) is 2.86. The molecular weight excluding hydrogens is 174 g/mol. The third-order valence-electron chi connectivity index (χ3n) is 2.42. The van der Waals surface area contributed by atoms with Crippen LogP contribution in [0.3, 0.4) is 0 Å². The van der Waals surface area contributed by atoms with Crippen molar-refractivity contribution < 1.29 is 14.4 Å². The van der Waals surface area contributed by atoms with Gasteiger partial charge in [-0.3, -0.25) is 24.7 Å². The molecule has 2 atom stereocenters. The molecule has 0 bridgehead atoms. The van der Waals surface area contributed by atoms with Crippen LogP contribution in [-0.4, -0.2) is 29.2 Å². The molecule has 2 rings (SSSR count). The second-order valence-corrected chi connectivity index (χ2v) is 3.28. The van der Waals surface area contributed by atoms with Crippen molar-refractivity contribution in [3.05, 3.63) is 0 Å². The molecule has 6 nitrogen and oxygen atoms in total. The Kier molecular flexibility index (Phi) is 1.59. The normalized spacial score (nSPS) is 30.4. The molecule has 70 valence electrons. The number of piperidine rings is 1. The number of amides is 3. The van der Waals surface area contributed by atoms with Gasteiger partial charge in [0.05, 0.1) is 11.8 Å². The summed E-state index contributed by atoms with van der Waals surface area (Å²) in [7, 11) is 0. The predicted octanol–water partition coefficient (Wildman–Crippen LogP) is -2.02. The lowest BCUT2D eigenvalue weighted by molar-refractivity contribution is -0.144. The van der Waals surface area contributed by atoms with Crippen LogP contribution in [0.4, 0.5) is 0 Å². The molecule has 1 aliphatic carbocycles. The van der Waals surface area contributed by atoms with E-state index >= 15 is 0 Å². The zero-order chi connectivity index (χ0) is 9.59. The van der Waals surface area contributed by atoms with Gasteiger partial charge in [-0.15, -0.1) is 0 Å². The van der Waals surface area contributed by atoms with Crippen LogP contribution in [0.5, 0.6) is 0 Å². The Morgan fingerprint density at radius 2 is 2.00 bits per heavy atom. The SMILES string of the molecule is NNC(=O)CN1C(=O)C2CC2C1=O.